The maximum Gasteiger partial charge on any atom is 0.338 e. The minimum absolute atomic E-state index is 0.198. The zero-order chi connectivity index (χ0) is 25.4. The molecule has 1 atom stereocenters. The third-order valence-corrected chi connectivity index (χ3v) is 5.09. The van der Waals surface area contributed by atoms with Crippen LogP contribution in [0.2, 0.25) is 0 Å². The van der Waals surface area contributed by atoms with Gasteiger partial charge >= 0.3 is 12.0 Å². The molecule has 0 radical (unpaired) electrons. The van der Waals surface area contributed by atoms with Crippen LogP contribution in [0.5, 0.6) is 11.5 Å². The van der Waals surface area contributed by atoms with Crippen LogP contribution >= 0.6 is 0 Å². The molecule has 35 heavy (non-hydrogen) atoms. The Bertz CT molecular complexity index is 1170. The van der Waals surface area contributed by atoms with Crippen molar-refractivity contribution in [3.05, 3.63) is 70.4 Å². The van der Waals surface area contributed by atoms with Crippen molar-refractivity contribution in [2.24, 2.45) is 5.10 Å². The summed E-state index contributed by atoms with van der Waals surface area (Å²) in [6, 6.07) is 11.4. The van der Waals surface area contributed by atoms with Gasteiger partial charge < -0.3 is 24.8 Å². The number of ether oxygens (including phenoxy) is 3. The van der Waals surface area contributed by atoms with Gasteiger partial charge in [-0.05, 0) is 44.0 Å². The standard InChI is InChI=1S/C25H28N4O6/c1-5-34-24(31)22-16(3)27-25(32)28-23(22)18-9-10-19(20(12-18)33-4)35-14-21(30)29-26-13-17-8-6-7-15(2)11-17/h6-13,23H,5,14H2,1-4H3,(H,29,30)(H2,27,28,32)/b26-13-/t23-/m0/s1. The molecule has 0 saturated heterocycles. The second-order valence-electron chi connectivity index (χ2n) is 7.70. The highest BCUT2D eigenvalue weighted by molar-refractivity contribution is 5.95. The summed E-state index contributed by atoms with van der Waals surface area (Å²) < 4.78 is 16.2. The Morgan fingerprint density at radius 1 is 1.14 bits per heavy atom. The van der Waals surface area contributed by atoms with E-state index in [1.165, 1.54) is 7.11 Å². The Morgan fingerprint density at radius 2 is 1.94 bits per heavy atom. The first kappa shape index (κ1) is 25.3. The molecule has 0 aliphatic carbocycles. The van der Waals surface area contributed by atoms with Crippen molar-refractivity contribution in [2.45, 2.75) is 26.8 Å². The average molecular weight is 481 g/mol. The number of hydrazone groups is 1. The molecule has 0 unspecified atom stereocenters. The highest BCUT2D eigenvalue weighted by Gasteiger charge is 2.32. The van der Waals surface area contributed by atoms with E-state index in [-0.39, 0.29) is 18.8 Å². The van der Waals surface area contributed by atoms with E-state index in [1.54, 1.807) is 38.3 Å². The number of allylic oxidation sites excluding steroid dienone is 1. The monoisotopic (exact) mass is 480 g/mol. The predicted octanol–water partition coefficient (Wildman–Crippen LogP) is 2.72. The average Bonchev–Trinajstić information content (AvgIpc) is 2.82. The molecular formula is C25H28N4O6. The van der Waals surface area contributed by atoms with E-state index in [0.717, 1.165) is 11.1 Å². The number of hydrogen-bond acceptors (Lipinski definition) is 7. The first-order chi connectivity index (χ1) is 16.8. The van der Waals surface area contributed by atoms with Gasteiger partial charge in [-0.3, -0.25) is 4.79 Å². The summed E-state index contributed by atoms with van der Waals surface area (Å²) in [4.78, 5) is 36.7. The molecule has 184 valence electrons. The Kier molecular flexibility index (Phi) is 8.44. The third kappa shape index (κ3) is 6.59. The summed E-state index contributed by atoms with van der Waals surface area (Å²) in [6.07, 6.45) is 1.55. The van der Waals surface area contributed by atoms with Crippen LogP contribution < -0.4 is 25.5 Å². The normalized spacial score (nSPS) is 15.3. The smallest absolute Gasteiger partial charge is 0.338 e. The van der Waals surface area contributed by atoms with E-state index in [4.69, 9.17) is 14.2 Å². The zero-order valence-electron chi connectivity index (χ0n) is 20.0. The molecule has 1 aliphatic heterocycles. The van der Waals surface area contributed by atoms with Crippen LogP contribution in [-0.4, -0.2) is 44.4 Å². The first-order valence-corrected chi connectivity index (χ1v) is 11.0. The molecule has 0 saturated carbocycles. The molecule has 10 heteroatoms. The van der Waals surface area contributed by atoms with Gasteiger partial charge in [0, 0.05) is 5.70 Å². The summed E-state index contributed by atoms with van der Waals surface area (Å²) in [7, 11) is 1.45. The number of hydrogen-bond donors (Lipinski definition) is 3. The summed E-state index contributed by atoms with van der Waals surface area (Å²) in [5.41, 5.74) is 5.63. The van der Waals surface area contributed by atoms with Gasteiger partial charge in [-0.2, -0.15) is 5.10 Å². The molecule has 3 rings (SSSR count). The van der Waals surface area contributed by atoms with Crippen LogP contribution in [0.25, 0.3) is 0 Å². The predicted molar refractivity (Wildman–Crippen MR) is 129 cm³/mol. The lowest BCUT2D eigenvalue weighted by Gasteiger charge is -2.28. The van der Waals surface area contributed by atoms with Crippen LogP contribution in [0, 0.1) is 6.92 Å². The van der Waals surface area contributed by atoms with E-state index < -0.39 is 23.9 Å². The number of amides is 3. The Hall–Kier alpha value is -4.34. The van der Waals surface area contributed by atoms with Crippen molar-refractivity contribution in [3.8, 4) is 11.5 Å². The van der Waals surface area contributed by atoms with Gasteiger partial charge in [0.2, 0.25) is 0 Å². The van der Waals surface area contributed by atoms with Crippen molar-refractivity contribution in [3.63, 3.8) is 0 Å². The molecular weight excluding hydrogens is 452 g/mol. The molecule has 3 amide bonds. The molecule has 0 aromatic heterocycles. The summed E-state index contributed by atoms with van der Waals surface area (Å²) >= 11 is 0. The largest absolute Gasteiger partial charge is 0.493 e. The topological polar surface area (TPSA) is 127 Å². The summed E-state index contributed by atoms with van der Waals surface area (Å²) in [5, 5.41) is 9.25. The van der Waals surface area contributed by atoms with Gasteiger partial charge in [0.25, 0.3) is 5.91 Å². The van der Waals surface area contributed by atoms with Crippen molar-refractivity contribution in [2.75, 3.05) is 20.3 Å². The number of rotatable bonds is 9. The number of urea groups is 1. The SMILES string of the molecule is CCOC(=O)C1=C(C)NC(=O)N[C@H]1c1ccc(OCC(=O)N/N=C\c2cccc(C)c2)c(OC)c1. The molecule has 2 aromatic rings. The van der Waals surface area contributed by atoms with Crippen LogP contribution in [0.4, 0.5) is 4.79 Å². The minimum Gasteiger partial charge on any atom is -0.493 e. The maximum absolute atomic E-state index is 12.5. The van der Waals surface area contributed by atoms with Crippen LogP contribution in [0.3, 0.4) is 0 Å². The van der Waals surface area contributed by atoms with E-state index in [1.807, 2.05) is 31.2 Å². The van der Waals surface area contributed by atoms with Crippen LogP contribution in [0.1, 0.15) is 36.6 Å². The molecule has 0 spiro atoms. The van der Waals surface area contributed by atoms with Gasteiger partial charge in [-0.15, -0.1) is 0 Å². The Morgan fingerprint density at radius 3 is 2.66 bits per heavy atom. The van der Waals surface area contributed by atoms with E-state index in [9.17, 15) is 14.4 Å². The second-order valence-corrected chi connectivity index (χ2v) is 7.70. The van der Waals surface area contributed by atoms with Crippen molar-refractivity contribution in [1.29, 1.82) is 0 Å². The fourth-order valence-corrected chi connectivity index (χ4v) is 3.51. The minimum atomic E-state index is -0.745. The van der Waals surface area contributed by atoms with Crippen molar-refractivity contribution < 1.29 is 28.6 Å². The highest BCUT2D eigenvalue weighted by atomic mass is 16.5. The lowest BCUT2D eigenvalue weighted by molar-refractivity contribution is -0.139. The van der Waals surface area contributed by atoms with E-state index in [0.29, 0.717) is 22.8 Å². The summed E-state index contributed by atoms with van der Waals surface area (Å²) in [6.45, 7) is 5.21. The molecule has 0 fully saturated rings. The lowest BCUT2D eigenvalue weighted by atomic mass is 9.95. The van der Waals surface area contributed by atoms with E-state index >= 15 is 0 Å². The fourth-order valence-electron chi connectivity index (χ4n) is 3.51. The number of carbonyl (C=O) groups excluding carboxylic acids is 3. The van der Waals surface area contributed by atoms with Gasteiger partial charge in [-0.25, -0.2) is 15.0 Å². The molecule has 2 aromatic carbocycles. The highest BCUT2D eigenvalue weighted by Crippen LogP contribution is 2.34. The Labute approximate surface area is 203 Å². The number of carbonyl (C=O) groups is 3. The lowest BCUT2D eigenvalue weighted by Crippen LogP contribution is -2.45. The summed E-state index contributed by atoms with van der Waals surface area (Å²) in [5.74, 6) is -0.349. The number of benzene rings is 2. The van der Waals surface area contributed by atoms with Crippen LogP contribution in [0.15, 0.2) is 58.8 Å². The van der Waals surface area contributed by atoms with Crippen molar-refractivity contribution in [1.82, 2.24) is 16.1 Å². The number of methoxy groups -OCH3 is 1. The number of nitrogens with zero attached hydrogens (tertiary/aromatic N) is 1. The fraction of sp³-hybridized carbons (Fsp3) is 0.280. The van der Waals surface area contributed by atoms with Gasteiger partial charge in [-0.1, -0.05) is 35.9 Å². The molecule has 3 N–H and O–H groups in total. The number of aryl methyl sites for hydroxylation is 1. The van der Waals surface area contributed by atoms with Gasteiger partial charge in [0.05, 0.1) is 31.5 Å². The molecule has 0 bridgehead atoms. The molecule has 1 heterocycles. The van der Waals surface area contributed by atoms with Gasteiger partial charge in [0.1, 0.15) is 0 Å². The van der Waals surface area contributed by atoms with E-state index in [2.05, 4.69) is 21.2 Å². The van der Waals surface area contributed by atoms with Crippen molar-refractivity contribution >= 4 is 24.1 Å². The zero-order valence-corrected chi connectivity index (χ0v) is 20.0. The first-order valence-electron chi connectivity index (χ1n) is 11.0. The number of nitrogens with one attached hydrogen (secondary N) is 3. The second kappa shape index (κ2) is 11.7. The van der Waals surface area contributed by atoms with Gasteiger partial charge in [0.15, 0.2) is 18.1 Å². The third-order valence-electron chi connectivity index (χ3n) is 5.09. The Balaban J connectivity index is 1.69. The molecule has 10 nitrogen and oxygen atoms in total. The maximum atomic E-state index is 12.5. The molecule has 1 aliphatic rings. The van der Waals surface area contributed by atoms with Crippen LogP contribution in [-0.2, 0) is 14.3 Å². The quantitative estimate of drug-likeness (QED) is 0.288. The number of esters is 1.